The summed E-state index contributed by atoms with van der Waals surface area (Å²) in [7, 11) is 0. The van der Waals surface area contributed by atoms with Crippen molar-refractivity contribution in [1.82, 2.24) is 15.2 Å². The van der Waals surface area contributed by atoms with Gasteiger partial charge in [0.2, 0.25) is 0 Å². The summed E-state index contributed by atoms with van der Waals surface area (Å²) in [6.07, 6.45) is 9.85. The van der Waals surface area contributed by atoms with E-state index in [0.717, 1.165) is 32.6 Å². The lowest BCUT2D eigenvalue weighted by Gasteiger charge is -2.16. The number of rotatable bonds is 3. The van der Waals surface area contributed by atoms with Gasteiger partial charge in [-0.2, -0.15) is 0 Å². The van der Waals surface area contributed by atoms with Crippen LogP contribution >= 0.6 is 12.4 Å². The standard InChI is InChI=1S/C15H19N3O.ClH/c19-15(18-5-1-2-6-18)14-8-13(10-17-11-14)7-12-3-4-16-9-12;/h1-2,8,10-12,16H,3-7,9H2;1H. The molecule has 5 heteroatoms. The lowest BCUT2D eigenvalue weighted by Crippen LogP contribution is -2.28. The fourth-order valence-corrected chi connectivity index (χ4v) is 2.76. The van der Waals surface area contributed by atoms with Crippen LogP contribution in [0.2, 0.25) is 0 Å². The summed E-state index contributed by atoms with van der Waals surface area (Å²) in [5.41, 5.74) is 1.89. The fourth-order valence-electron chi connectivity index (χ4n) is 2.76. The van der Waals surface area contributed by atoms with Crippen molar-refractivity contribution in [2.75, 3.05) is 26.2 Å². The van der Waals surface area contributed by atoms with E-state index in [-0.39, 0.29) is 18.3 Å². The second-order valence-electron chi connectivity index (χ2n) is 5.33. The molecule has 3 heterocycles. The Morgan fingerprint density at radius 1 is 1.35 bits per heavy atom. The maximum Gasteiger partial charge on any atom is 0.255 e. The minimum atomic E-state index is 0. The Kier molecular flexibility index (Phi) is 5.15. The predicted octanol–water partition coefficient (Wildman–Crippen LogP) is 1.67. The number of aromatic nitrogens is 1. The highest BCUT2D eigenvalue weighted by atomic mass is 35.5. The molecule has 0 aromatic carbocycles. The minimum Gasteiger partial charge on any atom is -0.331 e. The molecule has 1 atom stereocenters. The van der Waals surface area contributed by atoms with E-state index in [1.165, 1.54) is 12.0 Å². The van der Waals surface area contributed by atoms with Gasteiger partial charge >= 0.3 is 0 Å². The van der Waals surface area contributed by atoms with Gasteiger partial charge in [-0.25, -0.2) is 0 Å². The zero-order valence-electron chi connectivity index (χ0n) is 11.4. The van der Waals surface area contributed by atoms with Gasteiger partial charge in [-0.1, -0.05) is 12.2 Å². The molecule has 0 saturated carbocycles. The Labute approximate surface area is 125 Å². The van der Waals surface area contributed by atoms with Crippen molar-refractivity contribution in [3.8, 4) is 0 Å². The summed E-state index contributed by atoms with van der Waals surface area (Å²) >= 11 is 0. The largest absolute Gasteiger partial charge is 0.331 e. The monoisotopic (exact) mass is 293 g/mol. The number of amides is 1. The molecule has 1 aromatic rings. The molecular weight excluding hydrogens is 274 g/mol. The third-order valence-electron chi connectivity index (χ3n) is 3.83. The molecular formula is C15H20ClN3O. The lowest BCUT2D eigenvalue weighted by molar-refractivity contribution is 0.0799. The van der Waals surface area contributed by atoms with Crippen LogP contribution in [0.25, 0.3) is 0 Å². The van der Waals surface area contributed by atoms with Crippen molar-refractivity contribution in [2.45, 2.75) is 12.8 Å². The van der Waals surface area contributed by atoms with E-state index in [0.29, 0.717) is 11.5 Å². The fraction of sp³-hybridized carbons (Fsp3) is 0.467. The zero-order chi connectivity index (χ0) is 13.1. The Morgan fingerprint density at radius 3 is 2.85 bits per heavy atom. The number of pyridine rings is 1. The first-order valence-corrected chi connectivity index (χ1v) is 6.92. The molecule has 1 fully saturated rings. The molecule has 3 rings (SSSR count). The second-order valence-corrected chi connectivity index (χ2v) is 5.33. The number of carbonyl (C=O) groups is 1. The van der Waals surface area contributed by atoms with Crippen LogP contribution in [0.3, 0.4) is 0 Å². The van der Waals surface area contributed by atoms with Crippen molar-refractivity contribution in [1.29, 1.82) is 0 Å². The second kappa shape index (κ2) is 6.86. The van der Waals surface area contributed by atoms with Crippen LogP contribution in [-0.2, 0) is 6.42 Å². The molecule has 1 saturated heterocycles. The van der Waals surface area contributed by atoms with Gasteiger partial charge in [0.05, 0.1) is 5.56 Å². The van der Waals surface area contributed by atoms with Crippen LogP contribution in [0.1, 0.15) is 22.3 Å². The Hall–Kier alpha value is -1.39. The van der Waals surface area contributed by atoms with Gasteiger partial charge in [0.25, 0.3) is 5.91 Å². The van der Waals surface area contributed by atoms with E-state index >= 15 is 0 Å². The summed E-state index contributed by atoms with van der Waals surface area (Å²) in [5.74, 6) is 0.768. The topological polar surface area (TPSA) is 45.2 Å². The molecule has 1 unspecified atom stereocenters. The smallest absolute Gasteiger partial charge is 0.255 e. The zero-order valence-corrected chi connectivity index (χ0v) is 12.2. The number of halogens is 1. The van der Waals surface area contributed by atoms with Gasteiger partial charge in [0.1, 0.15) is 0 Å². The molecule has 0 radical (unpaired) electrons. The molecule has 0 spiro atoms. The van der Waals surface area contributed by atoms with E-state index in [4.69, 9.17) is 0 Å². The van der Waals surface area contributed by atoms with Gasteiger partial charge in [0.15, 0.2) is 0 Å². The van der Waals surface area contributed by atoms with Crippen LogP contribution in [0.5, 0.6) is 0 Å². The molecule has 2 aliphatic heterocycles. The van der Waals surface area contributed by atoms with Crippen molar-refractivity contribution in [3.63, 3.8) is 0 Å². The molecule has 0 bridgehead atoms. The molecule has 1 aromatic heterocycles. The molecule has 0 aliphatic carbocycles. The van der Waals surface area contributed by atoms with Crippen molar-refractivity contribution >= 4 is 18.3 Å². The Bertz CT molecular complexity index is 490. The van der Waals surface area contributed by atoms with Crippen molar-refractivity contribution in [3.05, 3.63) is 41.7 Å². The number of hydrogen-bond donors (Lipinski definition) is 1. The number of nitrogens with one attached hydrogen (secondary N) is 1. The Morgan fingerprint density at radius 2 is 2.15 bits per heavy atom. The summed E-state index contributed by atoms with van der Waals surface area (Å²) in [6, 6.07) is 2.01. The first kappa shape index (κ1) is 15.0. The number of carbonyl (C=O) groups excluding carboxylic acids is 1. The van der Waals surface area contributed by atoms with Gasteiger partial charge in [-0.15, -0.1) is 12.4 Å². The number of nitrogens with zero attached hydrogens (tertiary/aromatic N) is 2. The lowest BCUT2D eigenvalue weighted by atomic mass is 9.99. The highest BCUT2D eigenvalue weighted by molar-refractivity contribution is 5.94. The molecule has 20 heavy (non-hydrogen) atoms. The summed E-state index contributed by atoms with van der Waals surface area (Å²) < 4.78 is 0. The third-order valence-corrected chi connectivity index (χ3v) is 3.83. The van der Waals surface area contributed by atoms with E-state index in [1.54, 1.807) is 6.20 Å². The van der Waals surface area contributed by atoms with Crippen LogP contribution in [0.15, 0.2) is 30.6 Å². The van der Waals surface area contributed by atoms with Crippen LogP contribution < -0.4 is 5.32 Å². The van der Waals surface area contributed by atoms with Gasteiger partial charge in [-0.3, -0.25) is 9.78 Å². The SMILES string of the molecule is Cl.O=C(c1cncc(CC2CCNC2)c1)N1CC=CC1. The quantitative estimate of drug-likeness (QED) is 0.862. The summed E-state index contributed by atoms with van der Waals surface area (Å²) in [5, 5.41) is 3.37. The highest BCUT2D eigenvalue weighted by Crippen LogP contribution is 2.16. The molecule has 108 valence electrons. The minimum absolute atomic E-state index is 0. The first-order valence-electron chi connectivity index (χ1n) is 6.92. The molecule has 1 N–H and O–H groups in total. The summed E-state index contributed by atoms with van der Waals surface area (Å²) in [6.45, 7) is 3.62. The van der Waals surface area contributed by atoms with Gasteiger partial charge in [0, 0.05) is 25.5 Å². The van der Waals surface area contributed by atoms with Crippen molar-refractivity contribution in [2.24, 2.45) is 5.92 Å². The predicted molar refractivity (Wildman–Crippen MR) is 81.2 cm³/mol. The highest BCUT2D eigenvalue weighted by Gasteiger charge is 2.19. The van der Waals surface area contributed by atoms with E-state index in [9.17, 15) is 4.79 Å². The van der Waals surface area contributed by atoms with E-state index in [2.05, 4.69) is 10.3 Å². The van der Waals surface area contributed by atoms with Crippen molar-refractivity contribution < 1.29 is 4.79 Å². The summed E-state index contributed by atoms with van der Waals surface area (Å²) in [4.78, 5) is 18.3. The Balaban J connectivity index is 0.00000147. The maximum absolute atomic E-state index is 12.3. The molecule has 2 aliphatic rings. The van der Waals surface area contributed by atoms with Crippen LogP contribution in [0, 0.1) is 5.92 Å². The van der Waals surface area contributed by atoms with E-state index < -0.39 is 0 Å². The maximum atomic E-state index is 12.3. The molecule has 4 nitrogen and oxygen atoms in total. The average Bonchev–Trinajstić information content (AvgIpc) is 3.11. The van der Waals surface area contributed by atoms with Crippen LogP contribution in [0.4, 0.5) is 0 Å². The van der Waals surface area contributed by atoms with Crippen LogP contribution in [-0.4, -0.2) is 42.0 Å². The average molecular weight is 294 g/mol. The third kappa shape index (κ3) is 3.38. The molecule has 1 amide bonds. The van der Waals surface area contributed by atoms with E-state index in [1.807, 2.05) is 29.3 Å². The normalized spacial score (nSPS) is 21.0. The number of hydrogen-bond acceptors (Lipinski definition) is 3. The van der Waals surface area contributed by atoms with Gasteiger partial charge in [-0.05, 0) is 43.5 Å². The first-order chi connectivity index (χ1) is 9.33. The van der Waals surface area contributed by atoms with Gasteiger partial charge < -0.3 is 10.2 Å².